The van der Waals surface area contributed by atoms with E-state index >= 15 is 0 Å². The number of hydrogen-bond donors (Lipinski definition) is 1. The molecule has 1 aliphatic carbocycles. The third kappa shape index (κ3) is 4.89. The molecule has 0 spiro atoms. The van der Waals surface area contributed by atoms with Gasteiger partial charge in [-0.25, -0.2) is 0 Å². The van der Waals surface area contributed by atoms with Crippen molar-refractivity contribution in [3.63, 3.8) is 0 Å². The number of carbonyl (C=O) groups excluding carboxylic acids is 1. The van der Waals surface area contributed by atoms with Gasteiger partial charge in [0.25, 0.3) is 0 Å². The van der Waals surface area contributed by atoms with Crippen molar-refractivity contribution < 1.29 is 14.7 Å². The van der Waals surface area contributed by atoms with E-state index in [0.29, 0.717) is 30.6 Å². The SMILES string of the molecule is CC(C)CCn1cc([C@H](C(=O)O)N2CCN(C3CCCCC3)C(=O)C2)cn1. The van der Waals surface area contributed by atoms with E-state index < -0.39 is 12.0 Å². The van der Waals surface area contributed by atoms with Crippen molar-refractivity contribution in [1.82, 2.24) is 19.6 Å². The second kappa shape index (κ2) is 8.87. The van der Waals surface area contributed by atoms with Gasteiger partial charge in [0.05, 0.1) is 12.7 Å². The monoisotopic (exact) mass is 376 g/mol. The molecule has 1 saturated heterocycles. The van der Waals surface area contributed by atoms with Gasteiger partial charge < -0.3 is 10.0 Å². The van der Waals surface area contributed by atoms with Gasteiger partial charge in [-0.3, -0.25) is 19.2 Å². The number of amides is 1. The molecule has 7 nitrogen and oxygen atoms in total. The molecule has 0 radical (unpaired) electrons. The molecule has 1 aromatic heterocycles. The average molecular weight is 377 g/mol. The summed E-state index contributed by atoms with van der Waals surface area (Å²) in [6.45, 7) is 6.47. The van der Waals surface area contributed by atoms with Gasteiger partial charge in [0, 0.05) is 37.4 Å². The highest BCUT2D eigenvalue weighted by molar-refractivity contribution is 5.81. The van der Waals surface area contributed by atoms with E-state index in [2.05, 4.69) is 18.9 Å². The summed E-state index contributed by atoms with van der Waals surface area (Å²) in [7, 11) is 0. The highest BCUT2D eigenvalue weighted by atomic mass is 16.4. The number of carboxylic acid groups (broad SMARTS) is 1. The Balaban J connectivity index is 1.66. The maximum Gasteiger partial charge on any atom is 0.325 e. The molecular weight excluding hydrogens is 344 g/mol. The number of rotatable bonds is 7. The van der Waals surface area contributed by atoms with Crippen LogP contribution in [0.4, 0.5) is 0 Å². The molecule has 3 rings (SSSR count). The smallest absolute Gasteiger partial charge is 0.325 e. The first-order valence-electron chi connectivity index (χ1n) is 10.2. The number of hydrogen-bond acceptors (Lipinski definition) is 4. The number of aliphatic carboxylic acids is 1. The third-order valence-corrected chi connectivity index (χ3v) is 5.81. The van der Waals surface area contributed by atoms with E-state index in [9.17, 15) is 14.7 Å². The maximum absolute atomic E-state index is 12.7. The molecule has 1 aliphatic heterocycles. The zero-order valence-corrected chi connectivity index (χ0v) is 16.5. The Hall–Kier alpha value is -1.89. The van der Waals surface area contributed by atoms with Crippen LogP contribution >= 0.6 is 0 Å². The maximum atomic E-state index is 12.7. The van der Waals surface area contributed by atoms with Crippen molar-refractivity contribution in [1.29, 1.82) is 0 Å². The van der Waals surface area contributed by atoms with Gasteiger partial charge in [0.15, 0.2) is 0 Å². The summed E-state index contributed by atoms with van der Waals surface area (Å²) in [5, 5.41) is 14.1. The third-order valence-electron chi connectivity index (χ3n) is 5.81. The zero-order valence-electron chi connectivity index (χ0n) is 16.5. The fourth-order valence-corrected chi connectivity index (χ4v) is 4.25. The molecular formula is C20H32N4O3. The summed E-state index contributed by atoms with van der Waals surface area (Å²) >= 11 is 0. The molecule has 0 bridgehead atoms. The van der Waals surface area contributed by atoms with Crippen LogP contribution in [-0.2, 0) is 16.1 Å². The summed E-state index contributed by atoms with van der Waals surface area (Å²) in [6, 6.07) is -0.467. The van der Waals surface area contributed by atoms with E-state index in [1.807, 2.05) is 15.8 Å². The van der Waals surface area contributed by atoms with Crippen LogP contribution in [0.15, 0.2) is 12.4 Å². The van der Waals surface area contributed by atoms with E-state index in [1.165, 1.54) is 19.3 Å². The fraction of sp³-hybridized carbons (Fsp3) is 0.750. The largest absolute Gasteiger partial charge is 0.480 e. The summed E-state index contributed by atoms with van der Waals surface area (Å²) in [5.74, 6) is -0.290. The van der Waals surface area contributed by atoms with Gasteiger partial charge in [-0.1, -0.05) is 33.1 Å². The molecule has 7 heteroatoms. The number of aromatic nitrogens is 2. The Morgan fingerprint density at radius 2 is 2.00 bits per heavy atom. The molecule has 1 atom stereocenters. The Bertz CT molecular complexity index is 651. The predicted molar refractivity (Wildman–Crippen MR) is 102 cm³/mol. The van der Waals surface area contributed by atoms with Crippen LogP contribution in [0.2, 0.25) is 0 Å². The van der Waals surface area contributed by atoms with E-state index in [-0.39, 0.29) is 12.5 Å². The molecule has 150 valence electrons. The van der Waals surface area contributed by atoms with Crippen molar-refractivity contribution in [2.75, 3.05) is 19.6 Å². The number of carbonyl (C=O) groups is 2. The Morgan fingerprint density at radius 3 is 2.63 bits per heavy atom. The first-order chi connectivity index (χ1) is 13.0. The Morgan fingerprint density at radius 1 is 1.26 bits per heavy atom. The minimum Gasteiger partial charge on any atom is -0.480 e. The quantitative estimate of drug-likeness (QED) is 0.791. The molecule has 1 aromatic rings. The minimum absolute atomic E-state index is 0.0617. The fourth-order valence-electron chi connectivity index (χ4n) is 4.25. The van der Waals surface area contributed by atoms with Crippen LogP contribution in [0.25, 0.3) is 0 Å². The lowest BCUT2D eigenvalue weighted by Gasteiger charge is -2.42. The van der Waals surface area contributed by atoms with Gasteiger partial charge in [-0.05, 0) is 25.2 Å². The van der Waals surface area contributed by atoms with E-state index in [1.54, 1.807) is 11.1 Å². The topological polar surface area (TPSA) is 78.7 Å². The molecule has 1 saturated carbocycles. The predicted octanol–water partition coefficient (Wildman–Crippen LogP) is 2.53. The van der Waals surface area contributed by atoms with Crippen LogP contribution in [0.5, 0.6) is 0 Å². The van der Waals surface area contributed by atoms with Gasteiger partial charge in [-0.15, -0.1) is 0 Å². The molecule has 2 aliphatic rings. The lowest BCUT2D eigenvalue weighted by Crippen LogP contribution is -2.55. The van der Waals surface area contributed by atoms with Crippen LogP contribution in [0, 0.1) is 5.92 Å². The minimum atomic E-state index is -0.919. The first-order valence-corrected chi connectivity index (χ1v) is 10.2. The van der Waals surface area contributed by atoms with Gasteiger partial charge >= 0.3 is 5.97 Å². The normalized spacial score (nSPS) is 21.0. The molecule has 27 heavy (non-hydrogen) atoms. The number of nitrogens with zero attached hydrogens (tertiary/aromatic N) is 4. The highest BCUT2D eigenvalue weighted by Crippen LogP contribution is 2.27. The lowest BCUT2D eigenvalue weighted by atomic mass is 9.93. The first kappa shape index (κ1) is 19.9. The Labute approximate surface area is 161 Å². The highest BCUT2D eigenvalue weighted by Gasteiger charge is 2.36. The van der Waals surface area contributed by atoms with E-state index in [4.69, 9.17) is 0 Å². The summed E-state index contributed by atoms with van der Waals surface area (Å²) < 4.78 is 1.81. The molecule has 0 aromatic carbocycles. The van der Waals surface area contributed by atoms with Crippen LogP contribution in [0.3, 0.4) is 0 Å². The molecule has 2 heterocycles. The van der Waals surface area contributed by atoms with Gasteiger partial charge in [-0.2, -0.15) is 5.10 Å². The second-order valence-corrected chi connectivity index (χ2v) is 8.31. The standard InChI is InChI=1S/C20H32N4O3/c1-15(2)8-9-23-13-16(12-21-23)19(20(26)27)22-10-11-24(18(25)14-22)17-6-4-3-5-7-17/h12-13,15,17,19H,3-11,14H2,1-2H3,(H,26,27)/t19-/m1/s1. The van der Waals surface area contributed by atoms with Crippen LogP contribution in [-0.4, -0.2) is 62.2 Å². The molecule has 0 unspecified atom stereocenters. The van der Waals surface area contributed by atoms with Crippen molar-refractivity contribution in [3.8, 4) is 0 Å². The van der Waals surface area contributed by atoms with Crippen molar-refractivity contribution in [2.45, 2.75) is 71.0 Å². The van der Waals surface area contributed by atoms with Crippen molar-refractivity contribution in [2.24, 2.45) is 5.92 Å². The van der Waals surface area contributed by atoms with Crippen LogP contribution in [0.1, 0.15) is 64.0 Å². The second-order valence-electron chi connectivity index (χ2n) is 8.31. The van der Waals surface area contributed by atoms with Crippen LogP contribution < -0.4 is 0 Å². The summed E-state index contributed by atoms with van der Waals surface area (Å²) in [6.07, 6.45) is 10.2. The lowest BCUT2D eigenvalue weighted by molar-refractivity contribution is -0.149. The summed E-state index contributed by atoms with van der Waals surface area (Å²) in [4.78, 5) is 28.4. The van der Waals surface area contributed by atoms with E-state index in [0.717, 1.165) is 25.8 Å². The molecule has 2 fully saturated rings. The number of aryl methyl sites for hydroxylation is 1. The molecule has 1 amide bonds. The number of carboxylic acids is 1. The van der Waals surface area contributed by atoms with Crippen molar-refractivity contribution >= 4 is 11.9 Å². The number of piperazine rings is 1. The zero-order chi connectivity index (χ0) is 19.4. The van der Waals surface area contributed by atoms with Gasteiger partial charge in [0.1, 0.15) is 6.04 Å². The van der Waals surface area contributed by atoms with Crippen molar-refractivity contribution in [3.05, 3.63) is 18.0 Å². The Kier molecular flexibility index (Phi) is 6.52. The summed E-state index contributed by atoms with van der Waals surface area (Å²) in [5.41, 5.74) is 0.658. The molecule has 1 N–H and O–H groups in total. The van der Waals surface area contributed by atoms with Gasteiger partial charge in [0.2, 0.25) is 5.91 Å². The average Bonchev–Trinajstić information content (AvgIpc) is 3.09.